The molecule has 1 atom stereocenters. The van der Waals surface area contributed by atoms with E-state index in [2.05, 4.69) is 29.1 Å². The number of H-pyrrole nitrogens is 1. The lowest BCUT2D eigenvalue weighted by Gasteiger charge is -2.31. The van der Waals surface area contributed by atoms with Gasteiger partial charge in [0.05, 0.1) is 11.0 Å². The monoisotopic (exact) mass is 323 g/mol. The summed E-state index contributed by atoms with van der Waals surface area (Å²) in [7, 11) is 1.83. The molecule has 1 aliphatic rings. The largest absolute Gasteiger partial charge is 0.342 e. The number of fused-ring (bicyclic) bond motifs is 1. The molecule has 4 rings (SSSR count). The van der Waals surface area contributed by atoms with Gasteiger partial charge >= 0.3 is 0 Å². The summed E-state index contributed by atoms with van der Waals surface area (Å²) >= 11 is 0. The Bertz CT molecular complexity index is 894. The number of aryl methyl sites for hydroxylation is 2. The lowest BCUT2D eigenvalue weighted by Crippen LogP contribution is -2.39. The maximum atomic E-state index is 12.6. The molecule has 1 N–H and O–H groups in total. The van der Waals surface area contributed by atoms with Gasteiger partial charge < -0.3 is 9.88 Å². The first kappa shape index (κ1) is 14.9. The minimum absolute atomic E-state index is 0.00703. The lowest BCUT2D eigenvalue weighted by molar-refractivity contribution is 0.0698. The Morgan fingerprint density at radius 3 is 2.96 bits per heavy atom. The number of carbonyl (C=O) groups is 1. The minimum Gasteiger partial charge on any atom is -0.342 e. The highest BCUT2D eigenvalue weighted by Crippen LogP contribution is 2.28. The van der Waals surface area contributed by atoms with Crippen LogP contribution in [0.3, 0.4) is 0 Å². The Balaban J connectivity index is 1.57. The fourth-order valence-corrected chi connectivity index (χ4v) is 3.46. The van der Waals surface area contributed by atoms with Gasteiger partial charge in [0.1, 0.15) is 11.5 Å². The van der Waals surface area contributed by atoms with E-state index in [1.807, 2.05) is 18.0 Å². The maximum Gasteiger partial charge on any atom is 0.274 e. The highest BCUT2D eigenvalue weighted by molar-refractivity contribution is 5.92. The highest BCUT2D eigenvalue weighted by atomic mass is 16.2. The minimum atomic E-state index is 0.00703. The summed E-state index contributed by atoms with van der Waals surface area (Å²) in [6.07, 6.45) is 3.83. The van der Waals surface area contributed by atoms with E-state index in [1.165, 1.54) is 5.56 Å². The molecule has 1 aromatic carbocycles. The van der Waals surface area contributed by atoms with Crippen molar-refractivity contribution in [2.45, 2.75) is 25.7 Å². The number of nitrogens with zero attached hydrogens (tertiary/aromatic N) is 4. The number of aromatic nitrogens is 4. The average Bonchev–Trinajstić information content (AvgIpc) is 3.21. The third-order valence-electron chi connectivity index (χ3n) is 4.76. The van der Waals surface area contributed by atoms with Gasteiger partial charge in [0, 0.05) is 32.3 Å². The van der Waals surface area contributed by atoms with Crippen molar-refractivity contribution < 1.29 is 4.79 Å². The zero-order valence-corrected chi connectivity index (χ0v) is 14.0. The van der Waals surface area contributed by atoms with Crippen LogP contribution in [-0.2, 0) is 7.05 Å². The molecule has 2 aromatic heterocycles. The predicted molar refractivity (Wildman–Crippen MR) is 91.9 cm³/mol. The van der Waals surface area contributed by atoms with Gasteiger partial charge in [0.15, 0.2) is 0 Å². The predicted octanol–water partition coefficient (Wildman–Crippen LogP) is 2.62. The van der Waals surface area contributed by atoms with E-state index in [-0.39, 0.29) is 11.8 Å². The standard InChI is InChI=1S/C18H21N5O/c1-12-5-3-7-14-16(12)20-17(19-14)13-6-4-9-23(11-13)18(24)15-8-10-22(2)21-15/h3,5,7-8,10,13H,4,6,9,11H2,1-2H3,(H,19,20)/t13-/m0/s1. The highest BCUT2D eigenvalue weighted by Gasteiger charge is 2.28. The molecular weight excluding hydrogens is 302 g/mol. The van der Waals surface area contributed by atoms with Crippen molar-refractivity contribution in [3.8, 4) is 0 Å². The molecule has 1 fully saturated rings. The van der Waals surface area contributed by atoms with Crippen molar-refractivity contribution in [1.29, 1.82) is 0 Å². The number of nitrogens with one attached hydrogen (secondary N) is 1. The molecule has 24 heavy (non-hydrogen) atoms. The summed E-state index contributed by atoms with van der Waals surface area (Å²) in [5.74, 6) is 1.24. The van der Waals surface area contributed by atoms with E-state index in [0.717, 1.165) is 36.2 Å². The normalized spacial score (nSPS) is 18.2. The zero-order chi connectivity index (χ0) is 16.7. The van der Waals surface area contributed by atoms with Gasteiger partial charge in [-0.2, -0.15) is 5.10 Å². The number of likely N-dealkylation sites (tertiary alicyclic amines) is 1. The Kier molecular flexibility index (Phi) is 3.59. The van der Waals surface area contributed by atoms with E-state index in [0.29, 0.717) is 12.2 Å². The molecule has 1 aliphatic heterocycles. The smallest absolute Gasteiger partial charge is 0.274 e. The Labute approximate surface area is 140 Å². The molecule has 124 valence electrons. The lowest BCUT2D eigenvalue weighted by atomic mass is 9.97. The van der Waals surface area contributed by atoms with Gasteiger partial charge in [0.25, 0.3) is 5.91 Å². The second-order valence-electron chi connectivity index (χ2n) is 6.56. The number of imidazole rings is 1. The molecule has 0 aliphatic carbocycles. The fourth-order valence-electron chi connectivity index (χ4n) is 3.46. The van der Waals surface area contributed by atoms with Crippen molar-refractivity contribution in [3.63, 3.8) is 0 Å². The van der Waals surface area contributed by atoms with E-state index in [9.17, 15) is 4.79 Å². The maximum absolute atomic E-state index is 12.6. The molecule has 3 heterocycles. The number of piperidine rings is 1. The molecule has 0 radical (unpaired) electrons. The fraction of sp³-hybridized carbons (Fsp3) is 0.389. The SMILES string of the molecule is Cc1cccc2[nH]c([C@H]3CCCN(C(=O)c4ccn(C)n4)C3)nc12. The number of hydrogen-bond acceptors (Lipinski definition) is 3. The number of carbonyl (C=O) groups excluding carboxylic acids is 1. The van der Waals surface area contributed by atoms with Crippen LogP contribution in [0.1, 0.15) is 40.6 Å². The number of aromatic amines is 1. The van der Waals surface area contributed by atoms with E-state index in [1.54, 1.807) is 16.9 Å². The van der Waals surface area contributed by atoms with Crippen LogP contribution >= 0.6 is 0 Å². The summed E-state index contributed by atoms with van der Waals surface area (Å²) < 4.78 is 1.66. The summed E-state index contributed by atoms with van der Waals surface area (Å²) in [5, 5.41) is 4.23. The summed E-state index contributed by atoms with van der Waals surface area (Å²) in [5.41, 5.74) is 3.78. The van der Waals surface area contributed by atoms with Crippen LogP contribution in [0.5, 0.6) is 0 Å². The Morgan fingerprint density at radius 1 is 1.33 bits per heavy atom. The molecule has 1 amide bonds. The van der Waals surface area contributed by atoms with Crippen LogP contribution in [-0.4, -0.2) is 43.6 Å². The van der Waals surface area contributed by atoms with Crippen LogP contribution in [0.4, 0.5) is 0 Å². The summed E-state index contributed by atoms with van der Waals surface area (Å²) in [6.45, 7) is 3.55. The van der Waals surface area contributed by atoms with Crippen LogP contribution < -0.4 is 0 Å². The van der Waals surface area contributed by atoms with Gasteiger partial charge in [-0.15, -0.1) is 0 Å². The zero-order valence-electron chi connectivity index (χ0n) is 14.0. The number of rotatable bonds is 2. The third kappa shape index (κ3) is 2.58. The van der Waals surface area contributed by atoms with Crippen LogP contribution in [0.2, 0.25) is 0 Å². The molecule has 0 saturated carbocycles. The third-order valence-corrected chi connectivity index (χ3v) is 4.76. The van der Waals surface area contributed by atoms with Crippen molar-refractivity contribution in [2.75, 3.05) is 13.1 Å². The quantitative estimate of drug-likeness (QED) is 0.788. The molecule has 1 saturated heterocycles. The first-order chi connectivity index (χ1) is 11.6. The van der Waals surface area contributed by atoms with Gasteiger partial charge in [-0.1, -0.05) is 12.1 Å². The van der Waals surface area contributed by atoms with Gasteiger partial charge in [-0.05, 0) is 37.5 Å². The molecule has 0 bridgehead atoms. The van der Waals surface area contributed by atoms with Crippen LogP contribution in [0, 0.1) is 6.92 Å². The van der Waals surface area contributed by atoms with Gasteiger partial charge in [-0.25, -0.2) is 4.98 Å². The van der Waals surface area contributed by atoms with Crippen molar-refractivity contribution in [2.24, 2.45) is 7.05 Å². The van der Waals surface area contributed by atoms with Crippen molar-refractivity contribution >= 4 is 16.9 Å². The second kappa shape index (κ2) is 5.78. The summed E-state index contributed by atoms with van der Waals surface area (Å²) in [4.78, 5) is 22.8. The topological polar surface area (TPSA) is 66.8 Å². The Hall–Kier alpha value is -2.63. The van der Waals surface area contributed by atoms with E-state index >= 15 is 0 Å². The molecule has 6 nitrogen and oxygen atoms in total. The molecule has 3 aromatic rings. The number of hydrogen-bond donors (Lipinski definition) is 1. The van der Waals surface area contributed by atoms with Crippen LogP contribution in [0.15, 0.2) is 30.5 Å². The van der Waals surface area contributed by atoms with Gasteiger partial charge in [0.2, 0.25) is 0 Å². The number of benzene rings is 1. The molecule has 0 unspecified atom stereocenters. The second-order valence-corrected chi connectivity index (χ2v) is 6.56. The first-order valence-corrected chi connectivity index (χ1v) is 8.36. The van der Waals surface area contributed by atoms with Crippen molar-refractivity contribution in [1.82, 2.24) is 24.6 Å². The Morgan fingerprint density at radius 2 is 2.21 bits per heavy atom. The van der Waals surface area contributed by atoms with E-state index in [4.69, 9.17) is 4.98 Å². The molecular formula is C18H21N5O. The van der Waals surface area contributed by atoms with Crippen molar-refractivity contribution in [3.05, 3.63) is 47.5 Å². The number of para-hydroxylation sites is 1. The van der Waals surface area contributed by atoms with E-state index < -0.39 is 0 Å². The summed E-state index contributed by atoms with van der Waals surface area (Å²) in [6, 6.07) is 7.94. The first-order valence-electron chi connectivity index (χ1n) is 8.36. The number of amides is 1. The average molecular weight is 323 g/mol. The molecule has 6 heteroatoms. The van der Waals surface area contributed by atoms with Crippen LogP contribution in [0.25, 0.3) is 11.0 Å². The molecule has 0 spiro atoms. The van der Waals surface area contributed by atoms with Gasteiger partial charge in [-0.3, -0.25) is 9.48 Å².